The monoisotopic (exact) mass is 754 g/mol. The van der Waals surface area contributed by atoms with Crippen LogP contribution in [-0.2, 0) is 56.9 Å². The van der Waals surface area contributed by atoms with Crippen molar-refractivity contribution in [3.8, 4) is 0 Å². The molecule has 2 fully saturated rings. The SMILES string of the molecule is CN1CCC(CC(=O)N2CCC(OS(C)(=O)=O)CC2)CC1.Clc1cc(Br)c2c(c1)CCc1cc(Br)cnc1C2.[V]. The van der Waals surface area contributed by atoms with Crippen molar-refractivity contribution >= 4 is 59.5 Å². The second kappa shape index (κ2) is 15.3. The van der Waals surface area contributed by atoms with Gasteiger partial charge in [-0.2, -0.15) is 8.42 Å². The van der Waals surface area contributed by atoms with E-state index < -0.39 is 10.1 Å². The maximum Gasteiger partial charge on any atom is 0.264 e. The summed E-state index contributed by atoms with van der Waals surface area (Å²) in [6.45, 7) is 3.35. The largest absolute Gasteiger partial charge is 0.342 e. The Kier molecular flexibility index (Phi) is 13.0. The topological polar surface area (TPSA) is 79.8 Å². The number of aromatic nitrogens is 1. The first-order valence-electron chi connectivity index (χ1n) is 13.4. The molecule has 7 nitrogen and oxygen atoms in total. The van der Waals surface area contributed by atoms with Crippen molar-refractivity contribution in [3.05, 3.63) is 60.7 Å². The molecule has 3 aliphatic rings. The molecule has 1 aliphatic carbocycles. The van der Waals surface area contributed by atoms with E-state index in [-0.39, 0.29) is 30.6 Å². The van der Waals surface area contributed by atoms with Crippen molar-refractivity contribution in [2.45, 2.75) is 57.5 Å². The number of nitrogens with zero attached hydrogens (tertiary/aromatic N) is 3. The first-order valence-corrected chi connectivity index (χ1v) is 17.2. The van der Waals surface area contributed by atoms with Crippen molar-refractivity contribution in [2.24, 2.45) is 5.92 Å². The second-order valence-electron chi connectivity index (χ2n) is 10.8. The number of carbonyl (C=O) groups excluding carboxylic acids is 1. The summed E-state index contributed by atoms with van der Waals surface area (Å²) < 4.78 is 29.3. The predicted molar refractivity (Wildman–Crippen MR) is 162 cm³/mol. The minimum absolute atomic E-state index is 0. The Morgan fingerprint density at radius 1 is 1.05 bits per heavy atom. The number of amides is 1. The number of halogens is 3. The maximum absolute atomic E-state index is 12.3. The molecule has 5 rings (SSSR count). The molecule has 2 saturated heterocycles. The fourth-order valence-corrected chi connectivity index (χ4v) is 7.57. The molecule has 0 saturated carbocycles. The first kappa shape index (κ1) is 34.0. The molecule has 0 unspecified atom stereocenters. The maximum atomic E-state index is 12.3. The Morgan fingerprint density at radius 2 is 1.70 bits per heavy atom. The van der Waals surface area contributed by atoms with Gasteiger partial charge in [0.25, 0.3) is 10.1 Å². The summed E-state index contributed by atoms with van der Waals surface area (Å²) in [5, 5.41) is 0.792. The van der Waals surface area contributed by atoms with Crippen LogP contribution in [0.1, 0.15) is 54.5 Å². The van der Waals surface area contributed by atoms with E-state index in [9.17, 15) is 13.2 Å². The van der Waals surface area contributed by atoms with Crippen LogP contribution in [0.3, 0.4) is 0 Å². The number of benzene rings is 1. The summed E-state index contributed by atoms with van der Waals surface area (Å²) in [6.07, 6.45) is 9.59. The molecular formula is C28H36Br2ClN3O4SV. The molecule has 0 N–H and O–H groups in total. The van der Waals surface area contributed by atoms with Crippen molar-refractivity contribution in [2.75, 3.05) is 39.5 Å². The fraction of sp³-hybridized carbons (Fsp3) is 0.571. The van der Waals surface area contributed by atoms with E-state index in [1.54, 1.807) is 0 Å². The van der Waals surface area contributed by atoms with Crippen LogP contribution in [0.2, 0.25) is 5.02 Å². The molecule has 1 radical (unpaired) electrons. The van der Waals surface area contributed by atoms with Crippen LogP contribution in [0.15, 0.2) is 33.3 Å². The molecule has 0 bridgehead atoms. The van der Waals surface area contributed by atoms with Gasteiger partial charge >= 0.3 is 0 Å². The van der Waals surface area contributed by atoms with Crippen LogP contribution in [-0.4, -0.2) is 74.7 Å². The van der Waals surface area contributed by atoms with Crippen LogP contribution in [0.5, 0.6) is 0 Å². The van der Waals surface area contributed by atoms with E-state index >= 15 is 0 Å². The Labute approximate surface area is 272 Å². The molecule has 219 valence electrons. The van der Waals surface area contributed by atoms with E-state index in [1.807, 2.05) is 17.2 Å². The van der Waals surface area contributed by atoms with Crippen LogP contribution in [0.4, 0.5) is 0 Å². The molecular weight excluding hydrogens is 721 g/mol. The Morgan fingerprint density at radius 3 is 2.35 bits per heavy atom. The van der Waals surface area contributed by atoms with E-state index in [2.05, 4.69) is 60.9 Å². The average Bonchev–Trinajstić information content (AvgIpc) is 3.05. The fourth-order valence-electron chi connectivity index (χ4n) is 5.49. The van der Waals surface area contributed by atoms with Gasteiger partial charge in [0.15, 0.2) is 0 Å². The molecule has 1 aromatic carbocycles. The molecule has 12 heteroatoms. The Balaban J connectivity index is 0.000000217. The Bertz CT molecular complexity index is 1280. The molecule has 2 aromatic rings. The van der Waals surface area contributed by atoms with Crippen molar-refractivity contribution in [1.82, 2.24) is 14.8 Å². The zero-order chi connectivity index (χ0) is 28.2. The van der Waals surface area contributed by atoms with E-state index in [1.165, 1.54) is 22.4 Å². The van der Waals surface area contributed by atoms with Gasteiger partial charge in [-0.3, -0.25) is 14.0 Å². The average molecular weight is 757 g/mol. The number of pyridine rings is 1. The summed E-state index contributed by atoms with van der Waals surface area (Å²) in [5.74, 6) is 0.709. The Hall–Kier alpha value is -0.456. The number of aryl methyl sites for hydroxylation is 2. The normalized spacial score (nSPS) is 18.5. The summed E-state index contributed by atoms with van der Waals surface area (Å²) in [6, 6.07) is 6.20. The molecule has 1 aromatic heterocycles. The third kappa shape index (κ3) is 10.1. The van der Waals surface area contributed by atoms with Gasteiger partial charge < -0.3 is 9.80 Å². The first-order chi connectivity index (χ1) is 18.5. The molecule has 1 amide bonds. The van der Waals surface area contributed by atoms with E-state index in [4.69, 9.17) is 15.8 Å². The van der Waals surface area contributed by atoms with Crippen LogP contribution >= 0.6 is 43.5 Å². The van der Waals surface area contributed by atoms with Gasteiger partial charge in [0.2, 0.25) is 5.91 Å². The molecule has 2 aliphatic heterocycles. The minimum atomic E-state index is -3.40. The van der Waals surface area contributed by atoms with Crippen LogP contribution in [0, 0.1) is 5.92 Å². The van der Waals surface area contributed by atoms with Crippen LogP contribution < -0.4 is 0 Å². The van der Waals surface area contributed by atoms with Crippen molar-refractivity contribution < 1.29 is 36.0 Å². The van der Waals surface area contributed by atoms with Gasteiger partial charge in [-0.05, 0) is 115 Å². The molecule has 3 heterocycles. The summed E-state index contributed by atoms with van der Waals surface area (Å²) >= 11 is 13.2. The zero-order valence-corrected chi connectivity index (χ0v) is 29.1. The van der Waals surface area contributed by atoms with Gasteiger partial charge in [-0.1, -0.05) is 27.5 Å². The number of hydrogen-bond acceptors (Lipinski definition) is 6. The number of piperidine rings is 2. The molecule has 0 spiro atoms. The standard InChI is InChI=1S/C14H10Br2ClN.C14H26N2O4S.V/c15-10-3-9-2-1-8-4-11(17)5-13(16)12(8)6-14(9)18-7-10;1-15-7-3-12(4-8-15)11-14(17)16-9-5-13(6-10-16)20-21(2,18)19;/h3-5,7H,1-2,6H2;12-13H,3-11H2,1-2H3;. The van der Waals surface area contributed by atoms with Crippen LogP contribution in [0.25, 0.3) is 0 Å². The third-order valence-electron chi connectivity index (χ3n) is 7.69. The zero-order valence-electron chi connectivity index (χ0n) is 22.9. The van der Waals surface area contributed by atoms with Gasteiger partial charge in [0.1, 0.15) is 0 Å². The molecule has 0 atom stereocenters. The number of fused-ring (bicyclic) bond motifs is 2. The summed E-state index contributed by atoms with van der Waals surface area (Å²) in [4.78, 5) is 21.0. The number of rotatable bonds is 4. The summed E-state index contributed by atoms with van der Waals surface area (Å²) in [5.41, 5.74) is 5.13. The van der Waals surface area contributed by atoms with Gasteiger partial charge in [-0.25, -0.2) is 0 Å². The van der Waals surface area contributed by atoms with Crippen molar-refractivity contribution in [1.29, 1.82) is 0 Å². The van der Waals surface area contributed by atoms with Gasteiger partial charge in [-0.15, -0.1) is 0 Å². The quantitative estimate of drug-likeness (QED) is 0.377. The third-order valence-corrected chi connectivity index (χ3v) is 9.68. The smallest absolute Gasteiger partial charge is 0.264 e. The van der Waals surface area contributed by atoms with Crippen molar-refractivity contribution in [3.63, 3.8) is 0 Å². The number of carbonyl (C=O) groups is 1. The minimum Gasteiger partial charge on any atom is -0.342 e. The molecule has 40 heavy (non-hydrogen) atoms. The summed E-state index contributed by atoms with van der Waals surface area (Å²) in [7, 11) is -1.28. The van der Waals surface area contributed by atoms with Gasteiger partial charge in [0, 0.05) is 70.3 Å². The van der Waals surface area contributed by atoms with E-state index in [0.717, 1.165) is 65.4 Å². The predicted octanol–water partition coefficient (Wildman–Crippen LogP) is 5.63. The second-order valence-corrected chi connectivity index (χ2v) is 14.6. The number of hydrogen-bond donors (Lipinski definition) is 0. The van der Waals surface area contributed by atoms with E-state index in [0.29, 0.717) is 38.3 Å². The van der Waals surface area contributed by atoms with Gasteiger partial charge in [0.05, 0.1) is 12.4 Å². The number of likely N-dealkylation sites (tertiary alicyclic amines) is 2.